The minimum Gasteiger partial charge on any atom is -0.394 e. The molecule has 18 heavy (non-hydrogen) atoms. The Morgan fingerprint density at radius 3 is 3.00 bits per heavy atom. The maximum atomic E-state index is 11.8. The Bertz CT molecular complexity index is 439. The molecule has 0 spiro atoms. The van der Waals surface area contributed by atoms with Crippen molar-refractivity contribution in [3.8, 4) is 0 Å². The lowest BCUT2D eigenvalue weighted by Crippen LogP contribution is -2.26. The summed E-state index contributed by atoms with van der Waals surface area (Å²) >= 11 is 5.07. The Hall–Kier alpha value is -0.530. The van der Waals surface area contributed by atoms with Crippen LogP contribution in [0, 0.1) is 5.92 Å². The molecule has 0 aliphatic heterocycles. The van der Waals surface area contributed by atoms with Gasteiger partial charge in [0.15, 0.2) is 0 Å². The highest BCUT2D eigenvalue weighted by Gasteiger charge is 2.09. The molecule has 0 radical (unpaired) electrons. The fourth-order valence-electron chi connectivity index (χ4n) is 1.47. The molecule has 1 rings (SSSR count). The summed E-state index contributed by atoms with van der Waals surface area (Å²) < 4.78 is 1.70. The van der Waals surface area contributed by atoms with Crippen LogP contribution in [-0.4, -0.2) is 40.0 Å². The number of aliphatic hydroxyl groups is 1. The molecule has 1 aromatic rings. The summed E-state index contributed by atoms with van der Waals surface area (Å²) in [5, 5.41) is 16.0. The second-order valence-electron chi connectivity index (χ2n) is 4.07. The highest BCUT2D eigenvalue weighted by atomic mass is 79.9. The van der Waals surface area contributed by atoms with Crippen molar-refractivity contribution in [1.82, 2.24) is 9.78 Å². The first-order valence-corrected chi connectivity index (χ1v) is 7.88. The van der Waals surface area contributed by atoms with E-state index in [1.807, 2.05) is 0 Å². The van der Waals surface area contributed by atoms with Crippen LogP contribution < -0.4 is 10.9 Å². The summed E-state index contributed by atoms with van der Waals surface area (Å²) in [5.74, 6) is 1.59. The molecular formula is C11H18BrN3O2S. The second-order valence-corrected chi connectivity index (χ2v) is 5.77. The Morgan fingerprint density at radius 2 is 2.39 bits per heavy atom. The van der Waals surface area contributed by atoms with Gasteiger partial charge in [-0.25, -0.2) is 4.68 Å². The monoisotopic (exact) mass is 335 g/mol. The number of hydrogen-bond donors (Lipinski definition) is 2. The molecular weight excluding hydrogens is 318 g/mol. The van der Waals surface area contributed by atoms with Crippen molar-refractivity contribution in [2.45, 2.75) is 13.5 Å². The van der Waals surface area contributed by atoms with Gasteiger partial charge in [0.1, 0.15) is 4.47 Å². The highest BCUT2D eigenvalue weighted by molar-refractivity contribution is 9.10. The summed E-state index contributed by atoms with van der Waals surface area (Å²) in [6.07, 6.45) is 3.68. The standard InChI is InChI=1S/C11H18BrN3O2S/c1-8(7-18-2)5-13-9-6-14-15(3-4-16)11(17)10(9)12/h6,8,13,16H,3-5,7H2,1-2H3. The van der Waals surface area contributed by atoms with Crippen molar-refractivity contribution in [1.29, 1.82) is 0 Å². The molecule has 0 aliphatic rings. The molecule has 0 aromatic carbocycles. The lowest BCUT2D eigenvalue weighted by Gasteiger charge is -2.13. The molecule has 0 saturated carbocycles. The van der Waals surface area contributed by atoms with Crippen molar-refractivity contribution in [2.75, 3.05) is 30.5 Å². The maximum absolute atomic E-state index is 11.8. The summed E-state index contributed by atoms with van der Waals surface area (Å²) in [4.78, 5) is 11.8. The Labute approximate surface area is 119 Å². The van der Waals surface area contributed by atoms with Crippen molar-refractivity contribution < 1.29 is 5.11 Å². The number of nitrogens with zero attached hydrogens (tertiary/aromatic N) is 2. The summed E-state index contributed by atoms with van der Waals surface area (Å²) in [6, 6.07) is 0. The summed E-state index contributed by atoms with van der Waals surface area (Å²) in [7, 11) is 0. The normalized spacial score (nSPS) is 12.4. The van der Waals surface area contributed by atoms with Crippen LogP contribution in [0.2, 0.25) is 0 Å². The third-order valence-corrected chi connectivity index (χ3v) is 4.06. The minimum atomic E-state index is -0.230. The number of hydrogen-bond acceptors (Lipinski definition) is 5. The van der Waals surface area contributed by atoms with Crippen LogP contribution in [0.5, 0.6) is 0 Å². The Balaban J connectivity index is 2.73. The zero-order valence-corrected chi connectivity index (χ0v) is 12.9. The van der Waals surface area contributed by atoms with Gasteiger partial charge in [0.2, 0.25) is 0 Å². The van der Waals surface area contributed by atoms with Crippen LogP contribution in [0.4, 0.5) is 5.69 Å². The van der Waals surface area contributed by atoms with Crippen LogP contribution in [0.3, 0.4) is 0 Å². The van der Waals surface area contributed by atoms with Crippen molar-refractivity contribution >= 4 is 33.4 Å². The van der Waals surface area contributed by atoms with E-state index < -0.39 is 0 Å². The topological polar surface area (TPSA) is 67.2 Å². The SMILES string of the molecule is CSCC(C)CNc1cnn(CCO)c(=O)c1Br. The van der Waals surface area contributed by atoms with E-state index in [0.29, 0.717) is 16.1 Å². The molecule has 1 aromatic heterocycles. The van der Waals surface area contributed by atoms with Crippen LogP contribution >= 0.6 is 27.7 Å². The van der Waals surface area contributed by atoms with Gasteiger partial charge in [-0.1, -0.05) is 6.92 Å². The molecule has 5 nitrogen and oxygen atoms in total. The zero-order valence-electron chi connectivity index (χ0n) is 10.5. The van der Waals surface area contributed by atoms with Gasteiger partial charge in [-0.15, -0.1) is 0 Å². The van der Waals surface area contributed by atoms with Crippen LogP contribution in [-0.2, 0) is 6.54 Å². The number of halogens is 1. The van der Waals surface area contributed by atoms with E-state index in [-0.39, 0.29) is 18.7 Å². The van der Waals surface area contributed by atoms with Gasteiger partial charge in [-0.2, -0.15) is 16.9 Å². The van der Waals surface area contributed by atoms with Crippen LogP contribution in [0.15, 0.2) is 15.5 Å². The molecule has 0 bridgehead atoms. The molecule has 0 amide bonds. The first-order chi connectivity index (χ1) is 8.60. The molecule has 7 heteroatoms. The fraction of sp³-hybridized carbons (Fsp3) is 0.636. The number of nitrogens with one attached hydrogen (secondary N) is 1. The van der Waals surface area contributed by atoms with E-state index in [1.165, 1.54) is 4.68 Å². The smallest absolute Gasteiger partial charge is 0.283 e. The molecule has 0 saturated heterocycles. The predicted molar refractivity (Wildman–Crippen MR) is 79.3 cm³/mol. The van der Waals surface area contributed by atoms with Gasteiger partial charge < -0.3 is 10.4 Å². The lowest BCUT2D eigenvalue weighted by atomic mass is 10.2. The van der Waals surface area contributed by atoms with Crippen LogP contribution in [0.25, 0.3) is 0 Å². The average molecular weight is 336 g/mol. The van der Waals surface area contributed by atoms with Gasteiger partial charge in [0.25, 0.3) is 5.56 Å². The largest absolute Gasteiger partial charge is 0.394 e. The van der Waals surface area contributed by atoms with Gasteiger partial charge in [0, 0.05) is 6.54 Å². The summed E-state index contributed by atoms with van der Waals surface area (Å²) in [5.41, 5.74) is 0.466. The van der Waals surface area contributed by atoms with Crippen molar-refractivity contribution in [3.05, 3.63) is 21.0 Å². The second kappa shape index (κ2) is 7.81. The van der Waals surface area contributed by atoms with E-state index in [1.54, 1.807) is 18.0 Å². The van der Waals surface area contributed by atoms with Gasteiger partial charge >= 0.3 is 0 Å². The lowest BCUT2D eigenvalue weighted by molar-refractivity contribution is 0.266. The Morgan fingerprint density at radius 1 is 1.67 bits per heavy atom. The van der Waals surface area contributed by atoms with E-state index in [4.69, 9.17) is 5.11 Å². The molecule has 102 valence electrons. The molecule has 1 unspecified atom stereocenters. The van der Waals surface area contributed by atoms with E-state index in [2.05, 4.69) is 39.5 Å². The number of rotatable bonds is 7. The van der Waals surface area contributed by atoms with Gasteiger partial charge in [-0.05, 0) is 33.9 Å². The van der Waals surface area contributed by atoms with E-state index in [9.17, 15) is 4.79 Å². The highest BCUT2D eigenvalue weighted by Crippen LogP contribution is 2.17. The summed E-state index contributed by atoms with van der Waals surface area (Å²) in [6.45, 7) is 3.06. The first-order valence-electron chi connectivity index (χ1n) is 5.69. The maximum Gasteiger partial charge on any atom is 0.283 e. The predicted octanol–water partition coefficient (Wildman–Crippen LogP) is 1.41. The third kappa shape index (κ3) is 4.29. The Kier molecular flexibility index (Phi) is 6.73. The van der Waals surface area contributed by atoms with Crippen molar-refractivity contribution in [3.63, 3.8) is 0 Å². The molecule has 1 atom stereocenters. The minimum absolute atomic E-state index is 0.100. The van der Waals surface area contributed by atoms with Crippen LogP contribution in [0.1, 0.15) is 6.92 Å². The molecule has 2 N–H and O–H groups in total. The van der Waals surface area contributed by atoms with E-state index >= 15 is 0 Å². The quantitative estimate of drug-likeness (QED) is 0.788. The number of aromatic nitrogens is 2. The van der Waals surface area contributed by atoms with E-state index in [0.717, 1.165) is 12.3 Å². The number of aliphatic hydroxyl groups excluding tert-OH is 1. The van der Waals surface area contributed by atoms with Gasteiger partial charge in [0.05, 0.1) is 25.0 Å². The number of thioether (sulfide) groups is 1. The zero-order chi connectivity index (χ0) is 13.5. The average Bonchev–Trinajstić information content (AvgIpc) is 2.35. The molecule has 0 aliphatic carbocycles. The molecule has 0 fully saturated rings. The first kappa shape index (κ1) is 15.5. The third-order valence-electron chi connectivity index (χ3n) is 2.39. The fourth-order valence-corrected chi connectivity index (χ4v) is 2.60. The van der Waals surface area contributed by atoms with Crippen molar-refractivity contribution in [2.24, 2.45) is 5.92 Å². The molecule has 1 heterocycles. The van der Waals surface area contributed by atoms with Gasteiger partial charge in [-0.3, -0.25) is 4.79 Å². The number of anilines is 1.